The first-order chi connectivity index (χ1) is 20.6. The molecule has 0 bridgehead atoms. The fourth-order valence-corrected chi connectivity index (χ4v) is 4.50. The number of nitrogen functional groups attached to an aromatic ring is 1. The Labute approximate surface area is 263 Å². The Hall–Kier alpha value is -3.37. The molecule has 1 aliphatic carbocycles. The van der Waals surface area contributed by atoms with Crippen LogP contribution in [0.4, 0.5) is 21.5 Å². The number of ether oxygens (including phenoxy) is 1. The Morgan fingerprint density at radius 3 is 2.40 bits per heavy atom. The van der Waals surface area contributed by atoms with Gasteiger partial charge in [-0.05, 0) is 73.7 Å². The monoisotopic (exact) mass is 634 g/mol. The Bertz CT molecular complexity index is 1310. The molecule has 234 valence electrons. The van der Waals surface area contributed by atoms with Crippen molar-refractivity contribution < 1.29 is 23.8 Å². The summed E-state index contributed by atoms with van der Waals surface area (Å²) in [5.74, 6) is 0.0420. The molecule has 4 rings (SSSR count). The summed E-state index contributed by atoms with van der Waals surface area (Å²) in [6.45, 7) is 4.68. The van der Waals surface area contributed by atoms with Gasteiger partial charge in [0.1, 0.15) is 5.82 Å². The lowest BCUT2D eigenvalue weighted by Crippen LogP contribution is -2.50. The van der Waals surface area contributed by atoms with Gasteiger partial charge < -0.3 is 31.5 Å². The molecule has 2 atom stereocenters. The molecule has 0 saturated heterocycles. The fourth-order valence-electron chi connectivity index (χ4n) is 4.19. The summed E-state index contributed by atoms with van der Waals surface area (Å²) >= 11 is 11.4. The van der Waals surface area contributed by atoms with Crippen LogP contribution in [-0.2, 0) is 9.53 Å². The maximum atomic E-state index is 12.2. The van der Waals surface area contributed by atoms with Gasteiger partial charge in [-0.3, -0.25) is 4.79 Å². The Morgan fingerprint density at radius 1 is 1.19 bits per heavy atom. The maximum absolute atomic E-state index is 12.2. The summed E-state index contributed by atoms with van der Waals surface area (Å²) in [5, 5.41) is 13.3. The van der Waals surface area contributed by atoms with Crippen LogP contribution in [0.25, 0.3) is 0 Å². The first kappa shape index (κ1) is 35.8. The molecule has 3 aromatic carbocycles. The van der Waals surface area contributed by atoms with Gasteiger partial charge in [0, 0.05) is 23.3 Å². The predicted molar refractivity (Wildman–Crippen MR) is 173 cm³/mol. The zero-order valence-electron chi connectivity index (χ0n) is 24.7. The fraction of sp³-hybridized carbons (Fsp3) is 0.375. The summed E-state index contributed by atoms with van der Waals surface area (Å²) in [6, 6.07) is 16.3. The number of nitrogens with zero attached hydrogens (tertiary/aromatic N) is 1. The molecule has 6 N–H and O–H groups in total. The third-order valence-electron chi connectivity index (χ3n) is 7.04. The molecule has 1 fully saturated rings. The molecular weight excluding hydrogens is 594 g/mol. The average Bonchev–Trinajstić information content (AvgIpc) is 3.83. The van der Waals surface area contributed by atoms with Gasteiger partial charge in [-0.1, -0.05) is 61.2 Å². The Kier molecular flexibility index (Phi) is 15.3. The van der Waals surface area contributed by atoms with Crippen molar-refractivity contribution >= 4 is 52.6 Å². The van der Waals surface area contributed by atoms with Gasteiger partial charge in [-0.2, -0.15) is 0 Å². The number of methoxy groups -OCH3 is 1. The number of aliphatic hydroxyl groups excluding tert-OH is 1. The van der Waals surface area contributed by atoms with Crippen LogP contribution in [0.1, 0.15) is 48.5 Å². The van der Waals surface area contributed by atoms with E-state index in [0.717, 1.165) is 36.6 Å². The van der Waals surface area contributed by atoms with E-state index in [-0.39, 0.29) is 35.5 Å². The highest BCUT2D eigenvalue weighted by Gasteiger charge is 2.28. The molecule has 1 amide bonds. The van der Waals surface area contributed by atoms with Gasteiger partial charge in [0.2, 0.25) is 6.41 Å². The number of benzene rings is 3. The standard InChI is InChI=1S/C17H26ClN3O2.C9H11NO2.C6H4ClF/c1-2-14(19)17(10-22)21(8-7-12-3-4-12)16-6-5-13(18)9-15(16)20-11-23;1-6-3-4-7(5-8(6)10)9(11)12-2;7-5-3-1-2-4-6(5)8/h5-6,9,11-12,14,17,22H,2-4,7-8,10,19H2,1H3,(H,20,23);3-5H,10H2,1-2H3;1-4H. The molecule has 0 spiro atoms. The lowest BCUT2D eigenvalue weighted by atomic mass is 10.0. The number of esters is 1. The summed E-state index contributed by atoms with van der Waals surface area (Å²) in [6.07, 6.45) is 5.03. The van der Waals surface area contributed by atoms with Crippen molar-refractivity contribution in [3.05, 3.63) is 87.7 Å². The molecule has 43 heavy (non-hydrogen) atoms. The second-order valence-electron chi connectivity index (χ2n) is 10.1. The van der Waals surface area contributed by atoms with E-state index < -0.39 is 0 Å². The number of carbonyl (C=O) groups is 2. The molecule has 1 saturated carbocycles. The van der Waals surface area contributed by atoms with Crippen molar-refractivity contribution in [2.45, 2.75) is 51.6 Å². The van der Waals surface area contributed by atoms with Crippen molar-refractivity contribution in [1.29, 1.82) is 0 Å². The number of hydrogen-bond acceptors (Lipinski definition) is 7. The second-order valence-corrected chi connectivity index (χ2v) is 11.0. The summed E-state index contributed by atoms with van der Waals surface area (Å²) < 4.78 is 16.7. The number of nitrogens with two attached hydrogens (primary N) is 2. The van der Waals surface area contributed by atoms with Gasteiger partial charge in [-0.15, -0.1) is 0 Å². The number of anilines is 3. The smallest absolute Gasteiger partial charge is 0.337 e. The van der Waals surface area contributed by atoms with E-state index in [1.54, 1.807) is 42.5 Å². The van der Waals surface area contributed by atoms with E-state index in [1.807, 2.05) is 19.9 Å². The average molecular weight is 636 g/mol. The van der Waals surface area contributed by atoms with E-state index >= 15 is 0 Å². The number of carbonyl (C=O) groups excluding carboxylic acids is 2. The number of aliphatic hydroxyl groups is 1. The molecule has 0 heterocycles. The van der Waals surface area contributed by atoms with Crippen LogP contribution in [0, 0.1) is 18.7 Å². The SMILES string of the molecule is CCC(N)C(CO)N(CCC1CC1)c1ccc(Cl)cc1NC=O.COC(=O)c1ccc(C)c(N)c1.Fc1ccccc1Cl. The zero-order chi connectivity index (χ0) is 31.9. The van der Waals surface area contributed by atoms with Crippen LogP contribution in [0.5, 0.6) is 0 Å². The minimum Gasteiger partial charge on any atom is -0.465 e. The van der Waals surface area contributed by atoms with Gasteiger partial charge in [-0.25, -0.2) is 9.18 Å². The predicted octanol–water partition coefficient (Wildman–Crippen LogP) is 6.46. The first-order valence-corrected chi connectivity index (χ1v) is 14.8. The topological polar surface area (TPSA) is 131 Å². The number of aryl methyl sites for hydroxylation is 1. The highest BCUT2D eigenvalue weighted by Crippen LogP contribution is 2.36. The van der Waals surface area contributed by atoms with Crippen molar-refractivity contribution in [2.24, 2.45) is 11.7 Å². The van der Waals surface area contributed by atoms with Crippen molar-refractivity contribution in [3.8, 4) is 0 Å². The molecule has 0 aliphatic heterocycles. The number of hydrogen-bond donors (Lipinski definition) is 4. The van der Waals surface area contributed by atoms with Crippen molar-refractivity contribution in [3.63, 3.8) is 0 Å². The van der Waals surface area contributed by atoms with Crippen LogP contribution in [-0.4, -0.2) is 49.8 Å². The number of amides is 1. The first-order valence-electron chi connectivity index (χ1n) is 14.0. The van der Waals surface area contributed by atoms with Crippen LogP contribution < -0.4 is 21.7 Å². The number of nitrogens with one attached hydrogen (secondary N) is 1. The number of halogens is 3. The summed E-state index contributed by atoms with van der Waals surface area (Å²) in [5.41, 5.74) is 15.4. The molecule has 0 radical (unpaired) electrons. The Morgan fingerprint density at radius 2 is 1.88 bits per heavy atom. The normalized spacial score (nSPS) is 13.3. The molecule has 11 heteroatoms. The lowest BCUT2D eigenvalue weighted by molar-refractivity contribution is -0.105. The van der Waals surface area contributed by atoms with Crippen molar-refractivity contribution in [1.82, 2.24) is 0 Å². The van der Waals surface area contributed by atoms with Gasteiger partial charge in [0.05, 0.1) is 41.7 Å². The minimum atomic E-state index is -0.367. The summed E-state index contributed by atoms with van der Waals surface area (Å²) in [7, 11) is 1.35. The molecule has 0 aromatic heterocycles. The molecule has 2 unspecified atom stereocenters. The van der Waals surface area contributed by atoms with E-state index in [1.165, 1.54) is 32.1 Å². The molecule has 3 aromatic rings. The molecular formula is C32H41Cl2FN4O4. The second kappa shape index (κ2) is 18.3. The van der Waals surface area contributed by atoms with Crippen molar-refractivity contribution in [2.75, 3.05) is 36.2 Å². The van der Waals surface area contributed by atoms with Crippen LogP contribution in [0.15, 0.2) is 60.7 Å². The Balaban J connectivity index is 0.000000266. The maximum Gasteiger partial charge on any atom is 0.337 e. The van der Waals surface area contributed by atoms with E-state index in [2.05, 4.69) is 15.0 Å². The van der Waals surface area contributed by atoms with E-state index in [0.29, 0.717) is 28.4 Å². The zero-order valence-corrected chi connectivity index (χ0v) is 26.2. The van der Waals surface area contributed by atoms with Crippen LogP contribution in [0.3, 0.4) is 0 Å². The van der Waals surface area contributed by atoms with Gasteiger partial charge in [0.25, 0.3) is 0 Å². The largest absolute Gasteiger partial charge is 0.465 e. The highest BCUT2D eigenvalue weighted by atomic mass is 35.5. The molecule has 1 aliphatic rings. The lowest BCUT2D eigenvalue weighted by Gasteiger charge is -2.37. The van der Waals surface area contributed by atoms with E-state index in [4.69, 9.17) is 34.7 Å². The number of rotatable bonds is 11. The van der Waals surface area contributed by atoms with Gasteiger partial charge >= 0.3 is 5.97 Å². The third kappa shape index (κ3) is 11.7. The van der Waals surface area contributed by atoms with Crippen LogP contribution in [0.2, 0.25) is 10.0 Å². The van der Waals surface area contributed by atoms with Crippen LogP contribution >= 0.6 is 23.2 Å². The van der Waals surface area contributed by atoms with E-state index in [9.17, 15) is 19.1 Å². The highest BCUT2D eigenvalue weighted by molar-refractivity contribution is 6.31. The molecule has 8 nitrogen and oxygen atoms in total. The van der Waals surface area contributed by atoms with Gasteiger partial charge in [0.15, 0.2) is 0 Å². The third-order valence-corrected chi connectivity index (χ3v) is 7.58. The minimum absolute atomic E-state index is 0.0250. The quantitative estimate of drug-likeness (QED) is 0.108. The summed E-state index contributed by atoms with van der Waals surface area (Å²) in [4.78, 5) is 24.0.